The summed E-state index contributed by atoms with van der Waals surface area (Å²) in [5.41, 5.74) is 0. The van der Waals surface area contributed by atoms with Crippen LogP contribution in [0.15, 0.2) is 85.1 Å². The Bertz CT molecular complexity index is 1320. The zero-order valence-corrected chi connectivity index (χ0v) is 34.7. The van der Waals surface area contributed by atoms with Gasteiger partial charge < -0.3 is 39.9 Å². The molecule has 0 aliphatic heterocycles. The number of hydrogen-bond donors (Lipinski definition) is 6. The number of esters is 2. The van der Waals surface area contributed by atoms with Crippen LogP contribution in [0.5, 0.6) is 0 Å². The van der Waals surface area contributed by atoms with Gasteiger partial charge in [-0.3, -0.25) is 18.6 Å². The zero-order chi connectivity index (χ0) is 42.2. The highest BCUT2D eigenvalue weighted by Crippen LogP contribution is 2.47. The Labute approximate surface area is 339 Å². The lowest BCUT2D eigenvalue weighted by Gasteiger charge is -2.41. The maximum atomic E-state index is 12.8. The summed E-state index contributed by atoms with van der Waals surface area (Å²) in [7, 11) is -5.15. The van der Waals surface area contributed by atoms with Gasteiger partial charge in [-0.1, -0.05) is 125 Å². The van der Waals surface area contributed by atoms with Gasteiger partial charge in [0.25, 0.3) is 0 Å². The molecule has 6 atom stereocenters. The standard InChI is InChI=1S/C43H69O13P/c1-3-5-7-9-11-13-15-17-18-20-22-24-26-28-30-32-37(45)55-35(34-54-57(51,52)56-43-41(49)39(47)38(46)40(48)42(43)50)33-53-36(44)31-29-27-25-23-21-19-16-14-12-10-8-6-4-2/h5,7-8,10-11,13-14,16-18,22,24,28,30,35,38-43,46-50H,3-4,6,9,12,15,19-21,23,25-27,29,31-34H2,1-2H3,(H,51,52)/b7-5-,10-8-,13-11-,16-14-,18-17-,24-22-,30-28-. The average Bonchev–Trinajstić information content (AvgIpc) is 3.19. The molecule has 0 amide bonds. The van der Waals surface area contributed by atoms with Gasteiger partial charge in [0.2, 0.25) is 0 Å². The van der Waals surface area contributed by atoms with Crippen LogP contribution in [0.4, 0.5) is 0 Å². The van der Waals surface area contributed by atoms with Gasteiger partial charge in [-0.15, -0.1) is 0 Å². The van der Waals surface area contributed by atoms with Crippen molar-refractivity contribution in [2.45, 2.75) is 159 Å². The van der Waals surface area contributed by atoms with Gasteiger partial charge in [0.05, 0.1) is 13.0 Å². The Balaban J connectivity index is 2.61. The second kappa shape index (κ2) is 32.9. The number of aliphatic hydroxyl groups excluding tert-OH is 5. The van der Waals surface area contributed by atoms with Crippen molar-refractivity contribution >= 4 is 19.8 Å². The van der Waals surface area contributed by atoms with Gasteiger partial charge in [-0.2, -0.15) is 0 Å². The Hall–Kier alpha value is -2.97. The highest BCUT2D eigenvalue weighted by atomic mass is 31.2. The SMILES string of the molecule is CC/C=C\C/C=C\C/C=C\C/C=C\C/C=C\CC(=O)OC(COC(=O)CCCCCCC/C=C\C/C=C\CCC)COP(=O)(O)OC1C(O)C(O)C(O)C(O)C1O. The number of aliphatic hydroxyl groups is 5. The topological polar surface area (TPSA) is 210 Å². The molecule has 6 N–H and O–H groups in total. The van der Waals surface area contributed by atoms with E-state index in [9.17, 15) is 44.6 Å². The first kappa shape index (κ1) is 52.0. The van der Waals surface area contributed by atoms with Crippen molar-refractivity contribution in [2.75, 3.05) is 13.2 Å². The molecule has 1 fully saturated rings. The Morgan fingerprint density at radius 3 is 1.61 bits per heavy atom. The number of carbonyl (C=O) groups excluding carboxylic acids is 2. The molecule has 0 bridgehead atoms. The summed E-state index contributed by atoms with van der Waals surface area (Å²) < 4.78 is 33.2. The van der Waals surface area contributed by atoms with E-state index in [1.807, 2.05) is 12.2 Å². The third-order valence-electron chi connectivity index (χ3n) is 8.73. The van der Waals surface area contributed by atoms with E-state index in [0.29, 0.717) is 12.8 Å². The summed E-state index contributed by atoms with van der Waals surface area (Å²) in [5.74, 6) is -1.28. The molecule has 324 valence electrons. The van der Waals surface area contributed by atoms with E-state index in [1.54, 1.807) is 12.2 Å². The van der Waals surface area contributed by atoms with Crippen LogP contribution in [0.25, 0.3) is 0 Å². The minimum atomic E-state index is -5.15. The van der Waals surface area contributed by atoms with Crippen LogP contribution in [0, 0.1) is 0 Å². The third-order valence-corrected chi connectivity index (χ3v) is 9.72. The molecule has 0 heterocycles. The van der Waals surface area contributed by atoms with Crippen LogP contribution < -0.4 is 0 Å². The number of unbranched alkanes of at least 4 members (excludes halogenated alkanes) is 6. The number of ether oxygens (including phenoxy) is 2. The van der Waals surface area contributed by atoms with E-state index in [2.05, 4.69) is 74.6 Å². The molecular formula is C43H69O13P. The predicted octanol–water partition coefficient (Wildman–Crippen LogP) is 6.94. The van der Waals surface area contributed by atoms with Crippen LogP contribution in [-0.4, -0.2) is 98.3 Å². The van der Waals surface area contributed by atoms with Crippen molar-refractivity contribution in [2.24, 2.45) is 0 Å². The van der Waals surface area contributed by atoms with Crippen LogP contribution >= 0.6 is 7.82 Å². The van der Waals surface area contributed by atoms with Gasteiger partial charge in [0.15, 0.2) is 6.10 Å². The highest BCUT2D eigenvalue weighted by molar-refractivity contribution is 7.47. The first-order chi connectivity index (χ1) is 27.4. The largest absolute Gasteiger partial charge is 0.472 e. The number of hydrogen-bond acceptors (Lipinski definition) is 12. The Morgan fingerprint density at radius 2 is 1.05 bits per heavy atom. The molecule has 14 heteroatoms. The molecule has 0 radical (unpaired) electrons. The molecule has 1 saturated carbocycles. The van der Waals surface area contributed by atoms with Gasteiger partial charge in [-0.25, -0.2) is 4.57 Å². The number of rotatable bonds is 31. The van der Waals surface area contributed by atoms with E-state index in [-0.39, 0.29) is 12.8 Å². The number of phosphoric ester groups is 1. The van der Waals surface area contributed by atoms with E-state index in [0.717, 1.165) is 77.0 Å². The fourth-order valence-corrected chi connectivity index (χ4v) is 6.43. The zero-order valence-electron chi connectivity index (χ0n) is 33.8. The van der Waals surface area contributed by atoms with Crippen LogP contribution in [0.3, 0.4) is 0 Å². The summed E-state index contributed by atoms with van der Waals surface area (Å²) in [6.45, 7) is 2.98. The van der Waals surface area contributed by atoms with Crippen LogP contribution in [0.1, 0.15) is 117 Å². The lowest BCUT2D eigenvalue weighted by Crippen LogP contribution is -2.64. The second-order valence-corrected chi connectivity index (χ2v) is 15.2. The first-order valence-electron chi connectivity index (χ1n) is 20.4. The van der Waals surface area contributed by atoms with Gasteiger partial charge in [0.1, 0.15) is 43.2 Å². The van der Waals surface area contributed by atoms with E-state index >= 15 is 0 Å². The maximum Gasteiger partial charge on any atom is 0.472 e. The average molecular weight is 825 g/mol. The van der Waals surface area contributed by atoms with Crippen molar-refractivity contribution in [3.05, 3.63) is 85.1 Å². The fourth-order valence-electron chi connectivity index (χ4n) is 5.46. The maximum absolute atomic E-state index is 12.8. The van der Waals surface area contributed by atoms with Gasteiger partial charge in [-0.05, 0) is 64.2 Å². The number of carbonyl (C=O) groups is 2. The molecule has 0 aromatic rings. The summed E-state index contributed by atoms with van der Waals surface area (Å²) in [6.07, 6.45) is 28.2. The molecule has 6 unspecified atom stereocenters. The molecule has 1 rings (SSSR count). The van der Waals surface area contributed by atoms with Crippen LogP contribution in [0.2, 0.25) is 0 Å². The lowest BCUT2D eigenvalue weighted by molar-refractivity contribution is -0.220. The molecule has 57 heavy (non-hydrogen) atoms. The Morgan fingerprint density at radius 1 is 0.579 bits per heavy atom. The summed E-state index contributed by atoms with van der Waals surface area (Å²) in [4.78, 5) is 35.5. The molecule has 1 aliphatic rings. The molecule has 0 aromatic carbocycles. The van der Waals surface area contributed by atoms with Crippen molar-refractivity contribution in [1.82, 2.24) is 0 Å². The van der Waals surface area contributed by atoms with Crippen LogP contribution in [-0.2, 0) is 32.7 Å². The van der Waals surface area contributed by atoms with E-state index in [1.165, 1.54) is 0 Å². The first-order valence-corrected chi connectivity index (χ1v) is 21.9. The van der Waals surface area contributed by atoms with E-state index in [4.69, 9.17) is 18.5 Å². The number of allylic oxidation sites excluding steroid dienone is 13. The highest BCUT2D eigenvalue weighted by Gasteiger charge is 2.51. The van der Waals surface area contributed by atoms with E-state index < -0.39 is 75.7 Å². The minimum absolute atomic E-state index is 0.126. The molecule has 1 aliphatic carbocycles. The summed E-state index contributed by atoms with van der Waals surface area (Å²) in [5, 5.41) is 50.0. The van der Waals surface area contributed by atoms with Crippen molar-refractivity contribution in [3.63, 3.8) is 0 Å². The van der Waals surface area contributed by atoms with Crippen molar-refractivity contribution < 1.29 is 63.1 Å². The summed E-state index contributed by atoms with van der Waals surface area (Å²) >= 11 is 0. The normalized spacial score (nSPS) is 23.6. The quantitative estimate of drug-likeness (QED) is 0.0182. The molecular weight excluding hydrogens is 755 g/mol. The number of phosphoric acid groups is 1. The van der Waals surface area contributed by atoms with Gasteiger partial charge >= 0.3 is 19.8 Å². The van der Waals surface area contributed by atoms with Crippen molar-refractivity contribution in [1.29, 1.82) is 0 Å². The molecule has 0 spiro atoms. The summed E-state index contributed by atoms with van der Waals surface area (Å²) in [6, 6.07) is 0. The lowest BCUT2D eigenvalue weighted by atomic mass is 9.85. The molecule has 0 aromatic heterocycles. The minimum Gasteiger partial charge on any atom is -0.462 e. The Kier molecular flexibility index (Phi) is 30.1. The molecule has 0 saturated heterocycles. The van der Waals surface area contributed by atoms with Gasteiger partial charge in [0, 0.05) is 6.42 Å². The monoisotopic (exact) mass is 824 g/mol. The predicted molar refractivity (Wildman–Crippen MR) is 221 cm³/mol. The fraction of sp³-hybridized carbons (Fsp3) is 0.628. The smallest absolute Gasteiger partial charge is 0.462 e. The van der Waals surface area contributed by atoms with Crippen molar-refractivity contribution in [3.8, 4) is 0 Å². The third kappa shape index (κ3) is 25.9. The molecule has 13 nitrogen and oxygen atoms in total. The second-order valence-electron chi connectivity index (χ2n) is 13.8.